The summed E-state index contributed by atoms with van der Waals surface area (Å²) in [6.07, 6.45) is 11.5. The van der Waals surface area contributed by atoms with Crippen molar-refractivity contribution in [3.05, 3.63) is 59.2 Å². The zero-order valence-corrected chi connectivity index (χ0v) is 20.3. The lowest BCUT2D eigenvalue weighted by atomic mass is 9.76. The fourth-order valence-corrected chi connectivity index (χ4v) is 5.37. The highest BCUT2D eigenvalue weighted by Crippen LogP contribution is 2.39. The van der Waals surface area contributed by atoms with Gasteiger partial charge in [-0.25, -0.2) is 8.78 Å². The van der Waals surface area contributed by atoms with Gasteiger partial charge in [-0.05, 0) is 72.8 Å². The first-order valence-electron chi connectivity index (χ1n) is 12.8. The number of benzene rings is 2. The first kappa shape index (κ1) is 25.8. The minimum Gasteiger partial charge on any atom is -0.396 e. The van der Waals surface area contributed by atoms with Crippen LogP contribution < -0.4 is 0 Å². The van der Waals surface area contributed by atoms with E-state index in [0.717, 1.165) is 29.9 Å². The summed E-state index contributed by atoms with van der Waals surface area (Å²) in [6.45, 7) is 2.68. The fraction of sp³-hybridized carbons (Fsp3) is 0.586. The van der Waals surface area contributed by atoms with E-state index in [-0.39, 0.29) is 30.1 Å². The van der Waals surface area contributed by atoms with Gasteiger partial charge in [0.1, 0.15) is 11.6 Å². The number of ether oxygens (including phenoxy) is 1. The minimum absolute atomic E-state index is 0.0187. The van der Waals surface area contributed by atoms with Crippen LogP contribution in [0.5, 0.6) is 0 Å². The van der Waals surface area contributed by atoms with Crippen LogP contribution in [0.15, 0.2) is 36.4 Å². The van der Waals surface area contributed by atoms with Crippen molar-refractivity contribution < 1.29 is 18.6 Å². The zero-order chi connectivity index (χ0) is 23.6. The second-order valence-electron chi connectivity index (χ2n) is 9.71. The van der Waals surface area contributed by atoms with Crippen LogP contribution in [-0.4, -0.2) is 25.4 Å². The van der Waals surface area contributed by atoms with Crippen LogP contribution in [0.2, 0.25) is 0 Å². The van der Waals surface area contributed by atoms with Crippen molar-refractivity contribution in [1.82, 2.24) is 0 Å². The molecular weight excluding hydrogens is 418 g/mol. The van der Waals surface area contributed by atoms with Crippen LogP contribution in [0.4, 0.5) is 8.78 Å². The van der Waals surface area contributed by atoms with E-state index in [2.05, 4.69) is 6.92 Å². The molecule has 1 aliphatic carbocycles. The molecule has 2 aromatic rings. The Hall–Kier alpha value is -1.78. The van der Waals surface area contributed by atoms with E-state index in [9.17, 15) is 9.50 Å². The van der Waals surface area contributed by atoms with Gasteiger partial charge in [0, 0.05) is 25.2 Å². The van der Waals surface area contributed by atoms with E-state index in [0.29, 0.717) is 24.2 Å². The lowest BCUT2D eigenvalue weighted by molar-refractivity contribution is 0.162. The lowest BCUT2D eigenvalue weighted by Gasteiger charge is -2.29. The molecular formula is C29H40F2O2. The second kappa shape index (κ2) is 13.2. The molecule has 0 aromatic heterocycles. The average Bonchev–Trinajstić information content (AvgIpc) is 2.82. The summed E-state index contributed by atoms with van der Waals surface area (Å²) in [5, 5.41) is 9.27. The number of unbranched alkanes of at least 4 members (excludes halogenated alkanes) is 3. The maximum absolute atomic E-state index is 15.1. The van der Waals surface area contributed by atoms with E-state index in [1.54, 1.807) is 13.2 Å². The molecule has 4 heteroatoms. The molecule has 33 heavy (non-hydrogen) atoms. The van der Waals surface area contributed by atoms with Crippen molar-refractivity contribution in [1.29, 1.82) is 0 Å². The monoisotopic (exact) mass is 458 g/mol. The van der Waals surface area contributed by atoms with E-state index in [1.807, 2.05) is 18.2 Å². The predicted octanol–water partition coefficient (Wildman–Crippen LogP) is 7.99. The van der Waals surface area contributed by atoms with Crippen LogP contribution in [0.3, 0.4) is 0 Å². The van der Waals surface area contributed by atoms with Crippen LogP contribution in [0, 0.1) is 17.6 Å². The number of rotatable bonds is 12. The van der Waals surface area contributed by atoms with Crippen LogP contribution in [0.25, 0.3) is 11.1 Å². The van der Waals surface area contributed by atoms with Gasteiger partial charge in [0.05, 0.1) is 6.61 Å². The van der Waals surface area contributed by atoms with Crippen LogP contribution in [-0.2, 0) is 4.74 Å². The third-order valence-corrected chi connectivity index (χ3v) is 7.37. The maximum atomic E-state index is 15.1. The van der Waals surface area contributed by atoms with E-state index >= 15 is 4.39 Å². The molecule has 0 bridgehead atoms. The number of hydrogen-bond donors (Lipinski definition) is 1. The Bertz CT molecular complexity index is 853. The highest BCUT2D eigenvalue weighted by atomic mass is 19.1. The Kier molecular flexibility index (Phi) is 10.3. The SMILES string of the molecule is CCCCCCC1CCC(c2ccc(-c3ccc(C(CCO)COC)cc3F)cc2F)CC1. The zero-order valence-electron chi connectivity index (χ0n) is 20.3. The Balaban J connectivity index is 1.65. The molecule has 1 fully saturated rings. The van der Waals surface area contributed by atoms with Crippen molar-refractivity contribution in [2.45, 2.75) is 83.0 Å². The van der Waals surface area contributed by atoms with Crippen LogP contribution in [0.1, 0.15) is 94.1 Å². The Morgan fingerprint density at radius 2 is 1.76 bits per heavy atom. The summed E-state index contributed by atoms with van der Waals surface area (Å²) in [4.78, 5) is 0. The predicted molar refractivity (Wildman–Crippen MR) is 132 cm³/mol. The highest BCUT2D eigenvalue weighted by Gasteiger charge is 2.24. The molecule has 1 atom stereocenters. The summed E-state index contributed by atoms with van der Waals surface area (Å²) in [7, 11) is 1.60. The van der Waals surface area contributed by atoms with Crippen molar-refractivity contribution in [2.75, 3.05) is 20.3 Å². The summed E-state index contributed by atoms with van der Waals surface area (Å²) < 4.78 is 35.2. The van der Waals surface area contributed by atoms with E-state index < -0.39 is 0 Å². The Morgan fingerprint density at radius 3 is 2.39 bits per heavy atom. The highest BCUT2D eigenvalue weighted by molar-refractivity contribution is 5.65. The molecule has 0 radical (unpaired) electrons. The summed E-state index contributed by atoms with van der Waals surface area (Å²) in [6, 6.07) is 10.3. The molecule has 2 nitrogen and oxygen atoms in total. The average molecular weight is 459 g/mol. The summed E-state index contributed by atoms with van der Waals surface area (Å²) in [5.41, 5.74) is 2.54. The molecule has 1 saturated carbocycles. The molecule has 1 unspecified atom stereocenters. The van der Waals surface area contributed by atoms with E-state index in [4.69, 9.17) is 4.74 Å². The molecule has 0 spiro atoms. The van der Waals surface area contributed by atoms with Crippen molar-refractivity contribution >= 4 is 0 Å². The number of methoxy groups -OCH3 is 1. The first-order valence-corrected chi connectivity index (χ1v) is 12.8. The molecule has 182 valence electrons. The molecule has 0 aliphatic heterocycles. The van der Waals surface area contributed by atoms with Crippen molar-refractivity contribution in [2.24, 2.45) is 5.92 Å². The standard InChI is InChI=1S/C29H40F2O2/c1-3-4-5-6-7-21-8-10-22(11-9-21)26-15-13-24(19-29(26)31)27-14-12-23(18-28(27)30)25(16-17-32)20-33-2/h12-15,18-19,21-22,25,32H,3-11,16-17,20H2,1-2H3. The van der Waals surface area contributed by atoms with Crippen molar-refractivity contribution in [3.63, 3.8) is 0 Å². The van der Waals surface area contributed by atoms with Gasteiger partial charge in [-0.2, -0.15) is 0 Å². The van der Waals surface area contributed by atoms with Gasteiger partial charge in [0.15, 0.2) is 0 Å². The number of hydrogen-bond acceptors (Lipinski definition) is 2. The molecule has 2 aromatic carbocycles. The van der Waals surface area contributed by atoms with Gasteiger partial charge in [0.25, 0.3) is 0 Å². The molecule has 1 N–H and O–H groups in total. The van der Waals surface area contributed by atoms with Crippen LogP contribution >= 0.6 is 0 Å². The topological polar surface area (TPSA) is 29.5 Å². The van der Waals surface area contributed by atoms with Gasteiger partial charge < -0.3 is 9.84 Å². The lowest BCUT2D eigenvalue weighted by Crippen LogP contribution is -2.14. The number of halogens is 2. The summed E-state index contributed by atoms with van der Waals surface area (Å²) in [5.74, 6) is 0.402. The van der Waals surface area contributed by atoms with Gasteiger partial charge in [-0.1, -0.05) is 63.3 Å². The Labute approximate surface area is 198 Å². The Morgan fingerprint density at radius 1 is 0.970 bits per heavy atom. The fourth-order valence-electron chi connectivity index (χ4n) is 5.37. The molecule has 0 saturated heterocycles. The molecule has 3 rings (SSSR count). The second-order valence-corrected chi connectivity index (χ2v) is 9.71. The third kappa shape index (κ3) is 7.10. The van der Waals surface area contributed by atoms with Gasteiger partial charge in [-0.15, -0.1) is 0 Å². The maximum Gasteiger partial charge on any atom is 0.131 e. The summed E-state index contributed by atoms with van der Waals surface area (Å²) >= 11 is 0. The quantitative estimate of drug-likeness (QED) is 0.327. The normalized spacial score (nSPS) is 19.5. The number of aliphatic hydroxyl groups excluding tert-OH is 1. The first-order chi connectivity index (χ1) is 16.1. The van der Waals surface area contributed by atoms with Gasteiger partial charge in [-0.3, -0.25) is 0 Å². The third-order valence-electron chi connectivity index (χ3n) is 7.37. The number of aliphatic hydroxyl groups is 1. The largest absolute Gasteiger partial charge is 0.396 e. The van der Waals surface area contributed by atoms with Gasteiger partial charge in [0.2, 0.25) is 0 Å². The molecule has 0 amide bonds. The van der Waals surface area contributed by atoms with Crippen molar-refractivity contribution in [3.8, 4) is 11.1 Å². The smallest absolute Gasteiger partial charge is 0.131 e. The molecule has 0 heterocycles. The van der Waals surface area contributed by atoms with Gasteiger partial charge >= 0.3 is 0 Å². The molecule has 1 aliphatic rings. The minimum atomic E-state index is -0.373. The van der Waals surface area contributed by atoms with E-state index in [1.165, 1.54) is 57.1 Å².